The standard InChI is InChI=1S/C10H16N2O/c1-7(2)9-5-10(12-11-9)8-3-4-13-6-8/h5,7-8H,3-4,6H2,1-2H3,(H,11,12). The van der Waals surface area contributed by atoms with Crippen molar-refractivity contribution in [3.8, 4) is 0 Å². The van der Waals surface area contributed by atoms with Gasteiger partial charge >= 0.3 is 0 Å². The number of aromatic amines is 1. The molecule has 1 N–H and O–H groups in total. The van der Waals surface area contributed by atoms with Crippen molar-refractivity contribution in [2.45, 2.75) is 32.1 Å². The lowest BCUT2D eigenvalue weighted by Crippen LogP contribution is -1.97. The first-order chi connectivity index (χ1) is 6.27. The van der Waals surface area contributed by atoms with Crippen molar-refractivity contribution in [2.24, 2.45) is 0 Å². The van der Waals surface area contributed by atoms with Crippen LogP contribution in [-0.2, 0) is 4.74 Å². The Morgan fingerprint density at radius 1 is 1.62 bits per heavy atom. The summed E-state index contributed by atoms with van der Waals surface area (Å²) in [5.74, 6) is 1.05. The first kappa shape index (κ1) is 8.75. The van der Waals surface area contributed by atoms with Crippen LogP contribution in [0.4, 0.5) is 0 Å². The monoisotopic (exact) mass is 180 g/mol. The van der Waals surface area contributed by atoms with Gasteiger partial charge < -0.3 is 4.74 Å². The Morgan fingerprint density at radius 2 is 2.46 bits per heavy atom. The molecular weight excluding hydrogens is 164 g/mol. The van der Waals surface area contributed by atoms with E-state index in [9.17, 15) is 0 Å². The van der Waals surface area contributed by atoms with Gasteiger partial charge in [-0.3, -0.25) is 5.10 Å². The highest BCUT2D eigenvalue weighted by Gasteiger charge is 2.20. The van der Waals surface area contributed by atoms with Gasteiger partial charge in [-0.1, -0.05) is 13.8 Å². The number of rotatable bonds is 2. The van der Waals surface area contributed by atoms with Gasteiger partial charge in [0.05, 0.1) is 12.3 Å². The second-order valence-electron chi connectivity index (χ2n) is 3.96. The Hall–Kier alpha value is -0.830. The number of nitrogens with one attached hydrogen (secondary N) is 1. The second-order valence-corrected chi connectivity index (χ2v) is 3.96. The summed E-state index contributed by atoms with van der Waals surface area (Å²) in [5, 5.41) is 7.39. The van der Waals surface area contributed by atoms with Crippen molar-refractivity contribution in [2.75, 3.05) is 13.2 Å². The molecular formula is C10H16N2O. The van der Waals surface area contributed by atoms with Gasteiger partial charge in [-0.25, -0.2) is 0 Å². The molecule has 1 aliphatic heterocycles. The number of hydrogen-bond donors (Lipinski definition) is 1. The lowest BCUT2D eigenvalue weighted by atomic mass is 10.0. The van der Waals surface area contributed by atoms with E-state index >= 15 is 0 Å². The van der Waals surface area contributed by atoms with E-state index in [1.807, 2.05) is 0 Å². The molecule has 1 unspecified atom stereocenters. The van der Waals surface area contributed by atoms with Crippen molar-refractivity contribution in [1.82, 2.24) is 10.2 Å². The summed E-state index contributed by atoms with van der Waals surface area (Å²) in [5.41, 5.74) is 2.39. The topological polar surface area (TPSA) is 37.9 Å². The van der Waals surface area contributed by atoms with Crippen LogP contribution in [0.1, 0.15) is 43.5 Å². The summed E-state index contributed by atoms with van der Waals surface area (Å²) >= 11 is 0. The number of aromatic nitrogens is 2. The van der Waals surface area contributed by atoms with E-state index in [2.05, 4.69) is 30.1 Å². The van der Waals surface area contributed by atoms with Crippen LogP contribution in [0.3, 0.4) is 0 Å². The quantitative estimate of drug-likeness (QED) is 0.756. The molecule has 0 saturated carbocycles. The minimum absolute atomic E-state index is 0.517. The molecule has 1 aromatic heterocycles. The first-order valence-corrected chi connectivity index (χ1v) is 4.90. The molecule has 1 atom stereocenters. The molecule has 1 saturated heterocycles. The van der Waals surface area contributed by atoms with Gasteiger partial charge in [-0.05, 0) is 18.4 Å². The second kappa shape index (κ2) is 3.50. The van der Waals surface area contributed by atoms with Crippen LogP contribution in [0.2, 0.25) is 0 Å². The Morgan fingerprint density at radius 3 is 3.00 bits per heavy atom. The summed E-state index contributed by atoms with van der Waals surface area (Å²) in [6.07, 6.45) is 1.11. The Labute approximate surface area is 78.5 Å². The molecule has 0 bridgehead atoms. The van der Waals surface area contributed by atoms with Gasteiger partial charge in [0.15, 0.2) is 0 Å². The van der Waals surface area contributed by atoms with Crippen LogP contribution in [0, 0.1) is 0 Å². The average molecular weight is 180 g/mol. The zero-order valence-electron chi connectivity index (χ0n) is 8.21. The summed E-state index contributed by atoms with van der Waals surface area (Å²) < 4.78 is 5.33. The van der Waals surface area contributed by atoms with E-state index in [-0.39, 0.29) is 0 Å². The van der Waals surface area contributed by atoms with Gasteiger partial charge in [-0.2, -0.15) is 5.10 Å². The summed E-state index contributed by atoms with van der Waals surface area (Å²) in [6, 6.07) is 2.17. The summed E-state index contributed by atoms with van der Waals surface area (Å²) in [7, 11) is 0. The lowest BCUT2D eigenvalue weighted by molar-refractivity contribution is 0.193. The Balaban J connectivity index is 2.12. The highest BCUT2D eigenvalue weighted by atomic mass is 16.5. The van der Waals surface area contributed by atoms with Crippen molar-refractivity contribution < 1.29 is 4.74 Å². The van der Waals surface area contributed by atoms with Crippen LogP contribution in [0.15, 0.2) is 6.07 Å². The molecule has 0 aliphatic carbocycles. The molecule has 1 aliphatic rings. The van der Waals surface area contributed by atoms with Crippen LogP contribution >= 0.6 is 0 Å². The Kier molecular flexibility index (Phi) is 2.36. The van der Waals surface area contributed by atoms with E-state index in [0.29, 0.717) is 11.8 Å². The van der Waals surface area contributed by atoms with Crippen molar-refractivity contribution in [3.05, 3.63) is 17.5 Å². The normalized spacial score (nSPS) is 22.8. The molecule has 0 radical (unpaired) electrons. The molecule has 2 heterocycles. The molecule has 13 heavy (non-hydrogen) atoms. The minimum atomic E-state index is 0.517. The van der Waals surface area contributed by atoms with E-state index in [4.69, 9.17) is 4.74 Å². The predicted molar refractivity (Wildman–Crippen MR) is 50.9 cm³/mol. The summed E-state index contributed by atoms with van der Waals surface area (Å²) in [4.78, 5) is 0. The largest absolute Gasteiger partial charge is 0.381 e. The fraction of sp³-hybridized carbons (Fsp3) is 0.700. The fourth-order valence-corrected chi connectivity index (χ4v) is 1.63. The molecule has 3 heteroatoms. The summed E-state index contributed by atoms with van der Waals surface area (Å²) in [6.45, 7) is 6.06. The van der Waals surface area contributed by atoms with E-state index in [1.54, 1.807) is 0 Å². The van der Waals surface area contributed by atoms with Crippen LogP contribution in [-0.4, -0.2) is 23.4 Å². The fourth-order valence-electron chi connectivity index (χ4n) is 1.63. The van der Waals surface area contributed by atoms with Gasteiger partial charge in [-0.15, -0.1) is 0 Å². The molecule has 0 spiro atoms. The highest BCUT2D eigenvalue weighted by Crippen LogP contribution is 2.25. The maximum Gasteiger partial charge on any atom is 0.0679 e. The molecule has 3 nitrogen and oxygen atoms in total. The van der Waals surface area contributed by atoms with Gasteiger partial charge in [0.1, 0.15) is 0 Å². The number of H-pyrrole nitrogens is 1. The average Bonchev–Trinajstić information content (AvgIpc) is 2.75. The van der Waals surface area contributed by atoms with Crippen molar-refractivity contribution >= 4 is 0 Å². The van der Waals surface area contributed by atoms with Crippen LogP contribution < -0.4 is 0 Å². The van der Waals surface area contributed by atoms with E-state index in [1.165, 1.54) is 11.4 Å². The molecule has 1 aromatic rings. The number of nitrogens with zero attached hydrogens (tertiary/aromatic N) is 1. The van der Waals surface area contributed by atoms with Crippen LogP contribution in [0.5, 0.6) is 0 Å². The molecule has 0 amide bonds. The van der Waals surface area contributed by atoms with Gasteiger partial charge in [0.25, 0.3) is 0 Å². The third kappa shape index (κ3) is 1.75. The zero-order chi connectivity index (χ0) is 9.26. The van der Waals surface area contributed by atoms with E-state index in [0.717, 1.165) is 19.6 Å². The zero-order valence-corrected chi connectivity index (χ0v) is 8.21. The van der Waals surface area contributed by atoms with Crippen molar-refractivity contribution in [3.63, 3.8) is 0 Å². The molecule has 0 aromatic carbocycles. The SMILES string of the molecule is CC(C)c1cc(C2CCOC2)n[nH]1. The minimum Gasteiger partial charge on any atom is -0.381 e. The van der Waals surface area contributed by atoms with Crippen LogP contribution in [0.25, 0.3) is 0 Å². The number of hydrogen-bond acceptors (Lipinski definition) is 2. The molecule has 72 valence electrons. The predicted octanol–water partition coefficient (Wildman–Crippen LogP) is 2.04. The van der Waals surface area contributed by atoms with Gasteiger partial charge in [0.2, 0.25) is 0 Å². The smallest absolute Gasteiger partial charge is 0.0679 e. The molecule has 1 fully saturated rings. The maximum atomic E-state index is 5.33. The Bertz CT molecular complexity index is 274. The third-order valence-electron chi connectivity index (χ3n) is 2.59. The van der Waals surface area contributed by atoms with Gasteiger partial charge in [0, 0.05) is 18.2 Å². The van der Waals surface area contributed by atoms with Crippen molar-refractivity contribution in [1.29, 1.82) is 0 Å². The first-order valence-electron chi connectivity index (χ1n) is 4.90. The highest BCUT2D eigenvalue weighted by molar-refractivity contribution is 5.16. The lowest BCUT2D eigenvalue weighted by Gasteiger charge is -2.00. The van der Waals surface area contributed by atoms with E-state index < -0.39 is 0 Å². The number of ether oxygens (including phenoxy) is 1. The maximum absolute atomic E-state index is 5.33. The third-order valence-corrected chi connectivity index (χ3v) is 2.59. The molecule has 2 rings (SSSR count).